The Kier molecular flexibility index (Phi) is 3.66. The van der Waals surface area contributed by atoms with Gasteiger partial charge in [0.15, 0.2) is 0 Å². The van der Waals surface area contributed by atoms with Gasteiger partial charge >= 0.3 is 0 Å². The number of hydrogen-bond acceptors (Lipinski definition) is 2. The molecule has 0 N–H and O–H groups in total. The number of nitrogens with zero attached hydrogens (tertiary/aromatic N) is 2. The smallest absolute Gasteiger partial charge is 0.266 e. The van der Waals surface area contributed by atoms with Crippen LogP contribution in [-0.4, -0.2) is 9.78 Å². The van der Waals surface area contributed by atoms with Gasteiger partial charge in [0.1, 0.15) is 0 Å². The summed E-state index contributed by atoms with van der Waals surface area (Å²) in [7, 11) is 0. The zero-order valence-corrected chi connectivity index (χ0v) is 9.41. The molecule has 0 saturated heterocycles. The van der Waals surface area contributed by atoms with Gasteiger partial charge in [0, 0.05) is 17.9 Å². The number of aromatic nitrogens is 2. The van der Waals surface area contributed by atoms with E-state index in [0.717, 1.165) is 5.69 Å². The summed E-state index contributed by atoms with van der Waals surface area (Å²) in [5.74, 6) is 0.441. The predicted octanol–water partition coefficient (Wildman–Crippen LogP) is 1.79. The Morgan fingerprint density at radius 2 is 2.23 bits per heavy atom. The molecule has 0 aliphatic rings. The van der Waals surface area contributed by atoms with Gasteiger partial charge in [-0.1, -0.05) is 29.8 Å². The summed E-state index contributed by atoms with van der Waals surface area (Å²) in [4.78, 5) is 11.3. The highest BCUT2D eigenvalue weighted by Crippen LogP contribution is 1.99. The molecule has 1 aromatic heterocycles. The molecule has 1 rings (SSSR count). The van der Waals surface area contributed by atoms with E-state index in [-0.39, 0.29) is 5.56 Å². The van der Waals surface area contributed by atoms with Crippen LogP contribution in [0.4, 0.5) is 0 Å². The second-order valence-electron chi connectivity index (χ2n) is 3.37. The van der Waals surface area contributed by atoms with Crippen LogP contribution >= 0.6 is 15.9 Å². The van der Waals surface area contributed by atoms with E-state index in [4.69, 9.17) is 0 Å². The number of halogens is 1. The molecular formula is C9H13BrN2O. The van der Waals surface area contributed by atoms with Crippen molar-refractivity contribution in [3.8, 4) is 0 Å². The van der Waals surface area contributed by atoms with Crippen molar-refractivity contribution in [2.45, 2.75) is 25.7 Å². The number of rotatable bonds is 3. The average Bonchev–Trinajstić information content (AvgIpc) is 2.08. The molecule has 0 aliphatic carbocycles. The largest absolute Gasteiger partial charge is 0.268 e. The van der Waals surface area contributed by atoms with E-state index in [9.17, 15) is 4.79 Å². The molecule has 4 heteroatoms. The van der Waals surface area contributed by atoms with Crippen molar-refractivity contribution in [1.82, 2.24) is 9.78 Å². The van der Waals surface area contributed by atoms with Crippen LogP contribution in [0.2, 0.25) is 0 Å². The predicted molar refractivity (Wildman–Crippen MR) is 56.0 cm³/mol. The Labute approximate surface area is 85.9 Å². The highest BCUT2D eigenvalue weighted by molar-refractivity contribution is 9.08. The fourth-order valence-electron chi connectivity index (χ4n) is 1.04. The van der Waals surface area contributed by atoms with Gasteiger partial charge < -0.3 is 0 Å². The van der Waals surface area contributed by atoms with Crippen LogP contribution < -0.4 is 5.56 Å². The number of hydrogen-bond donors (Lipinski definition) is 0. The Morgan fingerprint density at radius 3 is 2.77 bits per heavy atom. The van der Waals surface area contributed by atoms with E-state index in [1.165, 1.54) is 4.68 Å². The molecular weight excluding hydrogens is 232 g/mol. The second-order valence-corrected chi connectivity index (χ2v) is 3.93. The van der Waals surface area contributed by atoms with Crippen molar-refractivity contribution in [2.24, 2.45) is 5.92 Å². The van der Waals surface area contributed by atoms with Crippen LogP contribution in [0.25, 0.3) is 0 Å². The summed E-state index contributed by atoms with van der Waals surface area (Å²) in [5.41, 5.74) is 0.860. The Morgan fingerprint density at radius 1 is 1.54 bits per heavy atom. The van der Waals surface area contributed by atoms with E-state index in [0.29, 0.717) is 17.8 Å². The van der Waals surface area contributed by atoms with Gasteiger partial charge in [-0.05, 0) is 12.0 Å². The van der Waals surface area contributed by atoms with E-state index < -0.39 is 0 Å². The van der Waals surface area contributed by atoms with E-state index in [1.807, 2.05) is 0 Å². The number of alkyl halides is 1. The monoisotopic (exact) mass is 244 g/mol. The SMILES string of the molecule is CC(C)Cn1nc(CBr)ccc1=O. The molecule has 72 valence electrons. The lowest BCUT2D eigenvalue weighted by Crippen LogP contribution is -2.24. The van der Waals surface area contributed by atoms with E-state index >= 15 is 0 Å². The summed E-state index contributed by atoms with van der Waals surface area (Å²) in [6, 6.07) is 3.31. The molecule has 13 heavy (non-hydrogen) atoms. The first-order valence-corrected chi connectivity index (χ1v) is 5.38. The van der Waals surface area contributed by atoms with E-state index in [1.54, 1.807) is 12.1 Å². The molecule has 1 heterocycles. The van der Waals surface area contributed by atoms with Crippen molar-refractivity contribution >= 4 is 15.9 Å². The van der Waals surface area contributed by atoms with Crippen LogP contribution in [0.5, 0.6) is 0 Å². The molecule has 0 saturated carbocycles. The lowest BCUT2D eigenvalue weighted by Gasteiger charge is -2.07. The van der Waals surface area contributed by atoms with Gasteiger partial charge in [0.05, 0.1) is 5.69 Å². The lowest BCUT2D eigenvalue weighted by molar-refractivity contribution is 0.460. The molecule has 0 aliphatic heterocycles. The Hall–Kier alpha value is -0.640. The Bertz CT molecular complexity index is 333. The van der Waals surface area contributed by atoms with Crippen LogP contribution in [0.15, 0.2) is 16.9 Å². The van der Waals surface area contributed by atoms with Crippen molar-refractivity contribution < 1.29 is 0 Å². The van der Waals surface area contributed by atoms with Crippen LogP contribution in [-0.2, 0) is 11.9 Å². The standard InChI is InChI=1S/C9H13BrN2O/c1-7(2)6-12-9(13)4-3-8(5-10)11-12/h3-4,7H,5-6H2,1-2H3. The Balaban J connectivity index is 2.97. The van der Waals surface area contributed by atoms with Crippen molar-refractivity contribution in [3.63, 3.8) is 0 Å². The summed E-state index contributed by atoms with van der Waals surface area (Å²) in [6.45, 7) is 4.81. The van der Waals surface area contributed by atoms with Gasteiger partial charge in [-0.15, -0.1) is 0 Å². The van der Waals surface area contributed by atoms with Gasteiger partial charge in [-0.2, -0.15) is 5.10 Å². The summed E-state index contributed by atoms with van der Waals surface area (Å²) >= 11 is 3.30. The van der Waals surface area contributed by atoms with Gasteiger partial charge in [0.2, 0.25) is 0 Å². The minimum Gasteiger partial charge on any atom is -0.268 e. The van der Waals surface area contributed by atoms with Crippen molar-refractivity contribution in [2.75, 3.05) is 0 Å². The van der Waals surface area contributed by atoms with Gasteiger partial charge in [0.25, 0.3) is 5.56 Å². The summed E-state index contributed by atoms with van der Waals surface area (Å²) in [6.07, 6.45) is 0. The lowest BCUT2D eigenvalue weighted by atomic mass is 10.2. The quantitative estimate of drug-likeness (QED) is 0.761. The molecule has 3 nitrogen and oxygen atoms in total. The van der Waals surface area contributed by atoms with Gasteiger partial charge in [-0.25, -0.2) is 4.68 Å². The maximum Gasteiger partial charge on any atom is 0.266 e. The highest BCUT2D eigenvalue weighted by atomic mass is 79.9. The summed E-state index contributed by atoms with van der Waals surface area (Å²) < 4.78 is 1.52. The fraction of sp³-hybridized carbons (Fsp3) is 0.556. The zero-order valence-electron chi connectivity index (χ0n) is 7.83. The minimum absolute atomic E-state index is 0.0293. The first-order valence-electron chi connectivity index (χ1n) is 4.26. The van der Waals surface area contributed by atoms with Crippen molar-refractivity contribution in [3.05, 3.63) is 28.2 Å². The van der Waals surface area contributed by atoms with E-state index in [2.05, 4.69) is 34.9 Å². The molecule has 0 atom stereocenters. The normalized spacial score (nSPS) is 10.8. The topological polar surface area (TPSA) is 34.9 Å². The molecule has 0 unspecified atom stereocenters. The first kappa shape index (κ1) is 10.4. The molecule has 0 radical (unpaired) electrons. The van der Waals surface area contributed by atoms with Crippen molar-refractivity contribution in [1.29, 1.82) is 0 Å². The molecule has 0 spiro atoms. The second kappa shape index (κ2) is 4.56. The molecule has 0 fully saturated rings. The maximum absolute atomic E-state index is 11.3. The molecule has 0 bridgehead atoms. The third-order valence-electron chi connectivity index (χ3n) is 1.60. The molecule has 0 aromatic carbocycles. The fourth-order valence-corrected chi connectivity index (χ4v) is 1.34. The van der Waals surface area contributed by atoms with Crippen LogP contribution in [0, 0.1) is 5.92 Å². The third-order valence-corrected chi connectivity index (χ3v) is 2.17. The highest BCUT2D eigenvalue weighted by Gasteiger charge is 2.01. The first-order chi connectivity index (χ1) is 6.13. The average molecular weight is 245 g/mol. The zero-order chi connectivity index (χ0) is 9.84. The molecule has 0 amide bonds. The summed E-state index contributed by atoms with van der Waals surface area (Å²) in [5, 5.41) is 4.87. The third kappa shape index (κ3) is 2.95. The minimum atomic E-state index is -0.0293. The van der Waals surface area contributed by atoms with Gasteiger partial charge in [-0.3, -0.25) is 4.79 Å². The maximum atomic E-state index is 11.3. The van der Waals surface area contributed by atoms with Crippen LogP contribution in [0.1, 0.15) is 19.5 Å². The molecule has 1 aromatic rings. The van der Waals surface area contributed by atoms with Crippen LogP contribution in [0.3, 0.4) is 0 Å².